The van der Waals surface area contributed by atoms with Crippen molar-refractivity contribution in [2.24, 2.45) is 0 Å². The van der Waals surface area contributed by atoms with E-state index in [-0.39, 0.29) is 12.1 Å². The fraction of sp³-hybridized carbons (Fsp3) is 0.278. The lowest BCUT2D eigenvalue weighted by Gasteiger charge is -2.35. The SMILES string of the molecule is C=Cc1ccc(OC(=O)N2CCc3c([nH]c4ccc(CCC)cc34)C2c2ccc(OCCn3ccsc3=N)cc2)cc1.CC. The lowest BCUT2D eigenvalue weighted by atomic mass is 9.92. The topological polar surface area (TPSA) is 83.3 Å². The molecule has 0 aliphatic carbocycles. The van der Waals surface area contributed by atoms with Gasteiger partial charge in [-0.3, -0.25) is 10.3 Å². The van der Waals surface area contributed by atoms with Crippen molar-refractivity contribution in [1.29, 1.82) is 5.41 Å². The second kappa shape index (κ2) is 14.3. The summed E-state index contributed by atoms with van der Waals surface area (Å²) in [5.74, 6) is 1.24. The van der Waals surface area contributed by atoms with Crippen LogP contribution in [0.1, 0.15) is 61.2 Å². The Morgan fingerprint density at radius 2 is 1.84 bits per heavy atom. The molecule has 228 valence electrons. The van der Waals surface area contributed by atoms with Crippen molar-refractivity contribution in [3.63, 3.8) is 0 Å². The summed E-state index contributed by atoms with van der Waals surface area (Å²) in [5, 5.41) is 11.1. The Morgan fingerprint density at radius 3 is 2.52 bits per heavy atom. The highest BCUT2D eigenvalue weighted by Crippen LogP contribution is 2.39. The molecule has 44 heavy (non-hydrogen) atoms. The average Bonchev–Trinajstić information content (AvgIpc) is 3.64. The van der Waals surface area contributed by atoms with Gasteiger partial charge in [0, 0.05) is 34.7 Å². The second-order valence-electron chi connectivity index (χ2n) is 10.5. The van der Waals surface area contributed by atoms with Gasteiger partial charge in [0.1, 0.15) is 24.1 Å². The lowest BCUT2D eigenvalue weighted by Crippen LogP contribution is -2.42. The Kier molecular flexibility index (Phi) is 10.0. The Bertz CT molecular complexity index is 1770. The Labute approximate surface area is 262 Å². The summed E-state index contributed by atoms with van der Waals surface area (Å²) in [7, 11) is 0. The molecule has 0 saturated heterocycles. The number of rotatable bonds is 9. The maximum absolute atomic E-state index is 13.6. The molecular formula is C36H40N4O3S. The summed E-state index contributed by atoms with van der Waals surface area (Å²) in [6.45, 7) is 11.6. The van der Waals surface area contributed by atoms with E-state index in [0.29, 0.717) is 30.2 Å². The quantitative estimate of drug-likeness (QED) is 0.176. The molecule has 8 heteroatoms. The first-order valence-electron chi connectivity index (χ1n) is 15.3. The van der Waals surface area contributed by atoms with E-state index in [1.54, 1.807) is 18.2 Å². The van der Waals surface area contributed by atoms with Crippen LogP contribution in [-0.4, -0.2) is 33.7 Å². The Morgan fingerprint density at radius 1 is 1.09 bits per heavy atom. The van der Waals surface area contributed by atoms with Crippen LogP contribution in [0.25, 0.3) is 17.0 Å². The number of fused-ring (bicyclic) bond motifs is 3. The zero-order valence-electron chi connectivity index (χ0n) is 25.6. The maximum atomic E-state index is 13.6. The van der Waals surface area contributed by atoms with E-state index >= 15 is 0 Å². The summed E-state index contributed by atoms with van der Waals surface area (Å²) in [4.78, 5) is 19.6. The molecule has 0 spiro atoms. The summed E-state index contributed by atoms with van der Waals surface area (Å²) in [6, 6.07) is 21.6. The van der Waals surface area contributed by atoms with E-state index in [1.807, 2.05) is 71.3 Å². The fourth-order valence-corrected chi connectivity index (χ4v) is 6.27. The second-order valence-corrected chi connectivity index (χ2v) is 11.3. The number of carbonyl (C=O) groups excluding carboxylic acids is 1. The molecule has 2 aromatic heterocycles. The van der Waals surface area contributed by atoms with Crippen LogP contribution >= 0.6 is 11.3 Å². The number of carbonyl (C=O) groups is 1. The van der Waals surface area contributed by atoms with Crippen LogP contribution in [0.15, 0.2) is 84.9 Å². The van der Waals surface area contributed by atoms with Crippen LogP contribution in [-0.2, 0) is 19.4 Å². The van der Waals surface area contributed by atoms with Crippen molar-refractivity contribution >= 4 is 34.4 Å². The van der Waals surface area contributed by atoms with Gasteiger partial charge >= 0.3 is 6.09 Å². The predicted octanol–water partition coefficient (Wildman–Crippen LogP) is 8.36. The van der Waals surface area contributed by atoms with Gasteiger partial charge < -0.3 is 19.0 Å². The number of hydrogen-bond acceptors (Lipinski definition) is 5. The molecular weight excluding hydrogens is 568 g/mol. The predicted molar refractivity (Wildman–Crippen MR) is 179 cm³/mol. The number of thiazole rings is 1. The van der Waals surface area contributed by atoms with Crippen molar-refractivity contribution in [2.45, 2.75) is 52.6 Å². The van der Waals surface area contributed by atoms with Gasteiger partial charge in [-0.25, -0.2) is 4.79 Å². The van der Waals surface area contributed by atoms with E-state index in [9.17, 15) is 4.79 Å². The highest BCUT2D eigenvalue weighted by atomic mass is 32.1. The molecule has 0 bridgehead atoms. The summed E-state index contributed by atoms with van der Waals surface area (Å²) in [5.41, 5.74) is 6.63. The van der Waals surface area contributed by atoms with Crippen LogP contribution in [0.2, 0.25) is 0 Å². The first-order valence-corrected chi connectivity index (χ1v) is 16.2. The zero-order valence-corrected chi connectivity index (χ0v) is 26.5. The lowest BCUT2D eigenvalue weighted by molar-refractivity contribution is 0.135. The smallest absolute Gasteiger partial charge is 0.416 e. The monoisotopic (exact) mass is 608 g/mol. The Hall–Kier alpha value is -4.56. The third-order valence-electron chi connectivity index (χ3n) is 7.76. The molecule has 5 aromatic rings. The van der Waals surface area contributed by atoms with E-state index in [2.05, 4.69) is 36.7 Å². The van der Waals surface area contributed by atoms with Crippen molar-refractivity contribution in [3.05, 3.63) is 118 Å². The van der Waals surface area contributed by atoms with E-state index in [1.165, 1.54) is 27.8 Å². The van der Waals surface area contributed by atoms with Gasteiger partial charge in [0.2, 0.25) is 0 Å². The molecule has 1 aliphatic heterocycles. The third kappa shape index (κ3) is 6.65. The number of ether oxygens (including phenoxy) is 2. The molecule has 1 atom stereocenters. The average molecular weight is 609 g/mol. The maximum Gasteiger partial charge on any atom is 0.416 e. The van der Waals surface area contributed by atoms with Gasteiger partial charge in [0.25, 0.3) is 0 Å². The van der Waals surface area contributed by atoms with Crippen LogP contribution in [0.3, 0.4) is 0 Å². The van der Waals surface area contributed by atoms with E-state index < -0.39 is 0 Å². The summed E-state index contributed by atoms with van der Waals surface area (Å²) in [6.07, 6.45) is 6.15. The van der Waals surface area contributed by atoms with E-state index in [0.717, 1.165) is 47.3 Å². The van der Waals surface area contributed by atoms with Crippen LogP contribution in [0, 0.1) is 5.41 Å². The third-order valence-corrected chi connectivity index (χ3v) is 8.48. The molecule has 1 amide bonds. The molecule has 0 fully saturated rings. The minimum Gasteiger partial charge on any atom is -0.492 e. The Balaban J connectivity index is 0.00000188. The van der Waals surface area contributed by atoms with Crippen molar-refractivity contribution < 1.29 is 14.3 Å². The summed E-state index contributed by atoms with van der Waals surface area (Å²) >= 11 is 1.40. The number of aromatic nitrogens is 2. The molecule has 2 N–H and O–H groups in total. The standard InChI is InChI=1S/C34H34N4O3S.C2H6/c1-3-5-24-8-15-30-29(22-24)28-16-17-38(34(39)41-27-11-6-23(4-2)7-12-27)32(31(28)36-30)25-9-13-26(14-10-25)40-20-18-37-19-21-42-33(37)35;1-2/h4,6-15,19,21-22,32,35-36H,2-3,5,16-18,20H2,1H3;1-2H3. The van der Waals surface area contributed by atoms with Crippen LogP contribution in [0.4, 0.5) is 4.79 Å². The minimum atomic E-state index is -0.387. The number of H-pyrrole nitrogens is 1. The molecule has 1 aliphatic rings. The van der Waals surface area contributed by atoms with Gasteiger partial charge in [-0.1, -0.05) is 70.2 Å². The number of aryl methyl sites for hydroxylation is 1. The zero-order chi connectivity index (χ0) is 31.1. The molecule has 1 unspecified atom stereocenters. The molecule has 6 rings (SSSR count). The van der Waals surface area contributed by atoms with Gasteiger partial charge in [-0.2, -0.15) is 0 Å². The van der Waals surface area contributed by atoms with Gasteiger partial charge in [-0.05, 0) is 71.5 Å². The van der Waals surface area contributed by atoms with Gasteiger partial charge in [-0.15, -0.1) is 11.3 Å². The number of benzene rings is 3. The number of nitrogens with zero attached hydrogens (tertiary/aromatic N) is 2. The number of amides is 1. The molecule has 3 aromatic carbocycles. The van der Waals surface area contributed by atoms with Gasteiger partial charge in [0.15, 0.2) is 4.80 Å². The first-order chi connectivity index (χ1) is 21.5. The molecule has 0 saturated carbocycles. The van der Waals surface area contributed by atoms with Crippen molar-refractivity contribution in [3.8, 4) is 11.5 Å². The first kappa shape index (κ1) is 30.9. The van der Waals surface area contributed by atoms with E-state index in [4.69, 9.17) is 14.9 Å². The largest absolute Gasteiger partial charge is 0.492 e. The molecule has 0 radical (unpaired) electrons. The highest BCUT2D eigenvalue weighted by Gasteiger charge is 2.35. The molecule has 7 nitrogen and oxygen atoms in total. The van der Waals surface area contributed by atoms with Crippen molar-refractivity contribution in [2.75, 3.05) is 13.2 Å². The number of nitrogens with one attached hydrogen (secondary N) is 2. The van der Waals surface area contributed by atoms with Crippen molar-refractivity contribution in [1.82, 2.24) is 14.5 Å². The summed E-state index contributed by atoms with van der Waals surface area (Å²) < 4.78 is 13.7. The number of hydrogen-bond donors (Lipinski definition) is 2. The highest BCUT2D eigenvalue weighted by molar-refractivity contribution is 7.06. The van der Waals surface area contributed by atoms with Crippen LogP contribution < -0.4 is 14.3 Å². The number of aromatic amines is 1. The van der Waals surface area contributed by atoms with Gasteiger partial charge in [0.05, 0.1) is 6.54 Å². The normalized spacial score (nSPS) is 14.0. The molecule has 3 heterocycles. The van der Waals surface area contributed by atoms with Crippen LogP contribution in [0.5, 0.6) is 11.5 Å². The minimum absolute atomic E-state index is 0.336. The fourth-order valence-electron chi connectivity index (χ4n) is 5.64.